The van der Waals surface area contributed by atoms with E-state index in [0.717, 1.165) is 6.08 Å². The lowest BCUT2D eigenvalue weighted by atomic mass is 9.87. The van der Waals surface area contributed by atoms with Gasteiger partial charge in [-0.25, -0.2) is 8.78 Å². The minimum atomic E-state index is -2.54. The summed E-state index contributed by atoms with van der Waals surface area (Å²) < 4.78 is 25.9. The van der Waals surface area contributed by atoms with Crippen molar-refractivity contribution in [2.45, 2.75) is 31.6 Å². The zero-order valence-corrected chi connectivity index (χ0v) is 11.1. The lowest BCUT2D eigenvalue weighted by molar-refractivity contribution is -0.131. The SMILES string of the molecule is C=CC(=O)N(C)CC(=O)NCC1CCC(F)(F)CC1. The van der Waals surface area contributed by atoms with E-state index in [-0.39, 0.29) is 37.1 Å². The van der Waals surface area contributed by atoms with Crippen LogP contribution in [0.2, 0.25) is 0 Å². The van der Waals surface area contributed by atoms with E-state index in [1.807, 2.05) is 0 Å². The molecule has 1 rings (SSSR count). The molecule has 0 radical (unpaired) electrons. The molecule has 1 N–H and O–H groups in total. The van der Waals surface area contributed by atoms with Crippen molar-refractivity contribution in [3.8, 4) is 0 Å². The second-order valence-electron chi connectivity index (χ2n) is 5.00. The van der Waals surface area contributed by atoms with Crippen LogP contribution in [-0.2, 0) is 9.59 Å². The molecule has 0 bridgehead atoms. The van der Waals surface area contributed by atoms with Crippen LogP contribution in [0.3, 0.4) is 0 Å². The van der Waals surface area contributed by atoms with Crippen molar-refractivity contribution in [2.24, 2.45) is 5.92 Å². The number of alkyl halides is 2. The van der Waals surface area contributed by atoms with Gasteiger partial charge < -0.3 is 10.2 Å². The van der Waals surface area contributed by atoms with Crippen LogP contribution in [0.1, 0.15) is 25.7 Å². The molecular formula is C13H20F2N2O2. The number of hydrogen-bond donors (Lipinski definition) is 1. The Morgan fingerprint density at radius 2 is 2.00 bits per heavy atom. The molecule has 1 aliphatic carbocycles. The van der Waals surface area contributed by atoms with E-state index < -0.39 is 5.92 Å². The van der Waals surface area contributed by atoms with E-state index in [2.05, 4.69) is 11.9 Å². The lowest BCUT2D eigenvalue weighted by Gasteiger charge is -2.28. The molecule has 4 nitrogen and oxygen atoms in total. The molecule has 6 heteroatoms. The van der Waals surface area contributed by atoms with Crippen molar-refractivity contribution in [1.82, 2.24) is 10.2 Å². The van der Waals surface area contributed by atoms with Gasteiger partial charge in [0.1, 0.15) is 0 Å². The summed E-state index contributed by atoms with van der Waals surface area (Å²) in [7, 11) is 1.50. The zero-order valence-electron chi connectivity index (χ0n) is 11.1. The molecular weight excluding hydrogens is 254 g/mol. The summed E-state index contributed by atoms with van der Waals surface area (Å²) in [4.78, 5) is 24.0. The Balaban J connectivity index is 2.24. The highest BCUT2D eigenvalue weighted by Gasteiger charge is 2.34. The van der Waals surface area contributed by atoms with E-state index >= 15 is 0 Å². The quantitative estimate of drug-likeness (QED) is 0.774. The molecule has 108 valence electrons. The van der Waals surface area contributed by atoms with Crippen molar-refractivity contribution >= 4 is 11.8 Å². The third-order valence-electron chi connectivity index (χ3n) is 3.36. The summed E-state index contributed by atoms with van der Waals surface area (Å²) in [6, 6.07) is 0. The molecule has 1 fully saturated rings. The van der Waals surface area contributed by atoms with Crippen LogP contribution < -0.4 is 5.32 Å². The van der Waals surface area contributed by atoms with Crippen molar-refractivity contribution in [3.05, 3.63) is 12.7 Å². The summed E-state index contributed by atoms with van der Waals surface area (Å²) in [5.74, 6) is -3.05. The number of rotatable bonds is 5. The van der Waals surface area contributed by atoms with Gasteiger partial charge in [0.05, 0.1) is 6.54 Å². The van der Waals surface area contributed by atoms with Gasteiger partial charge in [0.15, 0.2) is 0 Å². The largest absolute Gasteiger partial charge is 0.354 e. The predicted molar refractivity (Wildman–Crippen MR) is 67.7 cm³/mol. The van der Waals surface area contributed by atoms with Gasteiger partial charge in [-0.1, -0.05) is 6.58 Å². The van der Waals surface area contributed by atoms with Crippen LogP contribution in [-0.4, -0.2) is 42.8 Å². The molecule has 19 heavy (non-hydrogen) atoms. The number of nitrogens with one attached hydrogen (secondary N) is 1. The fraction of sp³-hybridized carbons (Fsp3) is 0.692. The number of nitrogens with zero attached hydrogens (tertiary/aromatic N) is 1. The Kier molecular flexibility index (Phi) is 5.44. The van der Waals surface area contributed by atoms with Crippen LogP contribution in [0, 0.1) is 5.92 Å². The zero-order chi connectivity index (χ0) is 14.5. The summed E-state index contributed by atoms with van der Waals surface area (Å²) >= 11 is 0. The van der Waals surface area contributed by atoms with Gasteiger partial charge in [-0.15, -0.1) is 0 Å². The standard InChI is InChI=1S/C13H20F2N2O2/c1-3-12(19)17(2)9-11(18)16-8-10-4-6-13(14,15)7-5-10/h3,10H,1,4-9H2,2H3,(H,16,18). The maximum atomic E-state index is 12.9. The lowest BCUT2D eigenvalue weighted by Crippen LogP contribution is -2.40. The maximum Gasteiger partial charge on any atom is 0.248 e. The van der Waals surface area contributed by atoms with Crippen LogP contribution in [0.25, 0.3) is 0 Å². The molecule has 0 heterocycles. The van der Waals surface area contributed by atoms with Crippen molar-refractivity contribution in [3.63, 3.8) is 0 Å². The number of likely N-dealkylation sites (N-methyl/N-ethyl adjacent to an activating group) is 1. The number of halogens is 2. The minimum Gasteiger partial charge on any atom is -0.354 e. The summed E-state index contributed by atoms with van der Waals surface area (Å²) in [5.41, 5.74) is 0. The number of carbonyl (C=O) groups is 2. The van der Waals surface area contributed by atoms with Gasteiger partial charge in [-0.05, 0) is 24.8 Å². The normalized spacial score (nSPS) is 18.7. The summed E-state index contributed by atoms with van der Waals surface area (Å²) in [5, 5.41) is 2.68. The van der Waals surface area contributed by atoms with E-state index in [1.165, 1.54) is 11.9 Å². The molecule has 0 aromatic rings. The highest BCUT2D eigenvalue weighted by Crippen LogP contribution is 2.35. The summed E-state index contributed by atoms with van der Waals surface area (Å²) in [6.45, 7) is 3.67. The average Bonchev–Trinajstić information content (AvgIpc) is 2.36. The highest BCUT2D eigenvalue weighted by atomic mass is 19.3. The second-order valence-corrected chi connectivity index (χ2v) is 5.00. The predicted octanol–water partition coefficient (Wildman–Crippen LogP) is 1.57. The minimum absolute atomic E-state index is 0.0479. The topological polar surface area (TPSA) is 49.4 Å². The molecule has 0 atom stereocenters. The Hall–Kier alpha value is -1.46. The molecule has 0 saturated heterocycles. The molecule has 0 spiro atoms. The van der Waals surface area contributed by atoms with Crippen molar-refractivity contribution in [1.29, 1.82) is 0 Å². The number of carbonyl (C=O) groups excluding carboxylic acids is 2. The average molecular weight is 274 g/mol. The Bertz CT molecular complexity index is 349. The molecule has 0 aromatic heterocycles. The highest BCUT2D eigenvalue weighted by molar-refractivity contribution is 5.90. The first-order chi connectivity index (χ1) is 8.84. The first-order valence-corrected chi connectivity index (χ1v) is 6.36. The smallest absolute Gasteiger partial charge is 0.248 e. The van der Waals surface area contributed by atoms with E-state index in [9.17, 15) is 18.4 Å². The van der Waals surface area contributed by atoms with Gasteiger partial charge in [0.25, 0.3) is 0 Å². The van der Waals surface area contributed by atoms with Crippen LogP contribution in [0.15, 0.2) is 12.7 Å². The fourth-order valence-corrected chi connectivity index (χ4v) is 2.07. The third-order valence-corrected chi connectivity index (χ3v) is 3.36. The molecule has 1 aliphatic rings. The second kappa shape index (κ2) is 6.63. The molecule has 0 aliphatic heterocycles. The monoisotopic (exact) mass is 274 g/mol. The van der Waals surface area contributed by atoms with Crippen molar-refractivity contribution in [2.75, 3.05) is 20.1 Å². The number of hydrogen-bond acceptors (Lipinski definition) is 2. The van der Waals surface area contributed by atoms with Crippen LogP contribution in [0.4, 0.5) is 8.78 Å². The number of amides is 2. The van der Waals surface area contributed by atoms with Crippen LogP contribution in [0.5, 0.6) is 0 Å². The van der Waals surface area contributed by atoms with Gasteiger partial charge in [-0.3, -0.25) is 9.59 Å². The van der Waals surface area contributed by atoms with Crippen LogP contribution >= 0.6 is 0 Å². The fourth-order valence-electron chi connectivity index (χ4n) is 2.07. The van der Waals surface area contributed by atoms with E-state index in [1.54, 1.807) is 0 Å². The summed E-state index contributed by atoms with van der Waals surface area (Å²) in [6.07, 6.45) is 1.77. The molecule has 2 amide bonds. The Morgan fingerprint density at radius 1 is 1.42 bits per heavy atom. The third kappa shape index (κ3) is 5.36. The van der Waals surface area contributed by atoms with Crippen molar-refractivity contribution < 1.29 is 18.4 Å². The first-order valence-electron chi connectivity index (χ1n) is 6.36. The maximum absolute atomic E-state index is 12.9. The van der Waals surface area contributed by atoms with E-state index in [4.69, 9.17) is 0 Å². The van der Waals surface area contributed by atoms with Gasteiger partial charge in [0.2, 0.25) is 17.7 Å². The van der Waals surface area contributed by atoms with E-state index in [0.29, 0.717) is 19.4 Å². The molecule has 0 unspecified atom stereocenters. The Morgan fingerprint density at radius 3 is 2.53 bits per heavy atom. The van der Waals surface area contributed by atoms with Gasteiger partial charge >= 0.3 is 0 Å². The Labute approximate surface area is 111 Å². The first kappa shape index (κ1) is 15.6. The van der Waals surface area contributed by atoms with Gasteiger partial charge in [-0.2, -0.15) is 0 Å². The molecule has 1 saturated carbocycles. The van der Waals surface area contributed by atoms with Gasteiger partial charge in [0, 0.05) is 26.4 Å². The molecule has 0 aromatic carbocycles.